The van der Waals surface area contributed by atoms with E-state index in [9.17, 15) is 18.0 Å². The number of benzene rings is 3. The Balaban J connectivity index is 1.70. The minimum absolute atomic E-state index is 0.0507. The minimum Gasteiger partial charge on any atom is -0.497 e. The van der Waals surface area contributed by atoms with E-state index >= 15 is 0 Å². The Kier molecular flexibility index (Phi) is 8.05. The zero-order valence-electron chi connectivity index (χ0n) is 25.9. The van der Waals surface area contributed by atoms with Crippen LogP contribution >= 0.6 is 0 Å². The van der Waals surface area contributed by atoms with Crippen molar-refractivity contribution in [2.24, 2.45) is 5.41 Å². The van der Waals surface area contributed by atoms with Crippen molar-refractivity contribution in [3.8, 4) is 5.75 Å². The molecule has 1 saturated heterocycles. The minimum atomic E-state index is -4.32. The lowest BCUT2D eigenvalue weighted by Crippen LogP contribution is -2.68. The number of nitrogens with zero attached hydrogens (tertiary/aromatic N) is 1. The molecule has 8 nitrogen and oxygen atoms in total. The highest BCUT2D eigenvalue weighted by molar-refractivity contribution is 7.91. The number of sulfonamides is 1. The van der Waals surface area contributed by atoms with Gasteiger partial charge in [-0.15, -0.1) is 3.89 Å². The highest BCUT2D eigenvalue weighted by atomic mass is 32.2. The van der Waals surface area contributed by atoms with Crippen molar-refractivity contribution in [2.75, 3.05) is 20.2 Å². The summed E-state index contributed by atoms with van der Waals surface area (Å²) in [4.78, 5) is 28.3. The molecule has 9 heteroatoms. The van der Waals surface area contributed by atoms with Crippen molar-refractivity contribution in [1.29, 1.82) is 0 Å². The molecule has 3 aromatic rings. The number of ether oxygens (including phenoxy) is 1. The summed E-state index contributed by atoms with van der Waals surface area (Å²) in [6.07, 6.45) is 1.29. The van der Waals surface area contributed by atoms with Crippen LogP contribution in [0, 0.1) is 12.3 Å². The fraction of sp³-hybridized carbons (Fsp3) is 0.412. The molecule has 2 atom stereocenters. The first-order chi connectivity index (χ1) is 20.3. The van der Waals surface area contributed by atoms with Gasteiger partial charge in [0.15, 0.2) is 5.69 Å². The number of nitrogens with one attached hydrogen (secondary N) is 2. The van der Waals surface area contributed by atoms with Crippen molar-refractivity contribution in [1.82, 2.24) is 14.5 Å². The van der Waals surface area contributed by atoms with Gasteiger partial charge in [-0.25, -0.2) is 4.79 Å². The van der Waals surface area contributed by atoms with E-state index < -0.39 is 36.7 Å². The summed E-state index contributed by atoms with van der Waals surface area (Å²) in [6.45, 7) is 11.0. The van der Waals surface area contributed by atoms with Gasteiger partial charge in [0.25, 0.3) is 5.91 Å². The molecule has 5 rings (SSSR count). The number of methoxy groups -OCH3 is 1. The maximum atomic E-state index is 15.0. The van der Waals surface area contributed by atoms with Crippen molar-refractivity contribution in [3.05, 3.63) is 89.0 Å². The second kappa shape index (κ2) is 11.2. The summed E-state index contributed by atoms with van der Waals surface area (Å²) >= 11 is 0. The molecule has 2 unspecified atom stereocenters. The maximum absolute atomic E-state index is 15.0. The zero-order chi connectivity index (χ0) is 31.2. The van der Waals surface area contributed by atoms with Gasteiger partial charge in [-0.1, -0.05) is 24.3 Å². The van der Waals surface area contributed by atoms with Crippen LogP contribution in [0.25, 0.3) is 0 Å². The summed E-state index contributed by atoms with van der Waals surface area (Å²) in [7, 11) is -2.80. The van der Waals surface area contributed by atoms with Gasteiger partial charge in [-0.05, 0) is 108 Å². The third-order valence-electron chi connectivity index (χ3n) is 9.37. The van der Waals surface area contributed by atoms with Crippen LogP contribution in [0.5, 0.6) is 5.75 Å². The average molecular weight is 605 g/mol. The van der Waals surface area contributed by atoms with E-state index in [0.717, 1.165) is 16.7 Å². The second-order valence-electron chi connectivity index (χ2n) is 12.8. The topological polar surface area (TPSA) is 102 Å². The molecule has 228 valence electrons. The van der Waals surface area contributed by atoms with E-state index in [1.807, 2.05) is 44.2 Å². The molecule has 1 spiro atoms. The number of carbonyl (C=O) groups is 2. The number of hydrogen-bond acceptors (Lipinski definition) is 6. The first-order valence-corrected chi connectivity index (χ1v) is 16.3. The van der Waals surface area contributed by atoms with Gasteiger partial charge in [0, 0.05) is 23.7 Å². The SMILES string of the molecule is COc1ccc(S(=O)(=O)[N+]2(C(=O)C(C)(C)C)c3ccc(C(=O)NCc4ccccc4C)cc3C3(CCNCC3)C2C)cc1. The molecular formula is C34H42N3O5S+. The van der Waals surface area contributed by atoms with E-state index in [4.69, 9.17) is 4.74 Å². The summed E-state index contributed by atoms with van der Waals surface area (Å²) in [5.41, 5.74) is 2.14. The summed E-state index contributed by atoms with van der Waals surface area (Å²) in [6, 6.07) is 18.7. The first kappa shape index (κ1) is 30.9. The number of fused-ring (bicyclic) bond motifs is 2. The molecule has 2 N–H and O–H groups in total. The Morgan fingerprint density at radius 2 is 1.67 bits per heavy atom. The molecule has 1 fully saturated rings. The number of rotatable bonds is 6. The van der Waals surface area contributed by atoms with Gasteiger partial charge >= 0.3 is 15.9 Å². The first-order valence-electron chi connectivity index (χ1n) is 14.8. The number of carbonyl (C=O) groups excluding carboxylic acids is 2. The van der Waals surface area contributed by atoms with Crippen molar-refractivity contribution >= 4 is 27.5 Å². The van der Waals surface area contributed by atoms with Crippen LogP contribution in [0.4, 0.5) is 5.69 Å². The molecule has 2 amide bonds. The lowest BCUT2D eigenvalue weighted by atomic mass is 9.70. The Labute approximate surface area is 255 Å². The fourth-order valence-electron chi connectivity index (χ4n) is 6.94. The summed E-state index contributed by atoms with van der Waals surface area (Å²) in [5, 5.41) is 6.43. The smallest absolute Gasteiger partial charge is 0.339 e. The Morgan fingerprint density at radius 1 is 1.02 bits per heavy atom. The number of quaternary nitrogens is 1. The third-order valence-corrected chi connectivity index (χ3v) is 11.7. The van der Waals surface area contributed by atoms with Gasteiger partial charge in [-0.2, -0.15) is 8.42 Å². The molecule has 2 aliphatic rings. The van der Waals surface area contributed by atoms with Crippen LogP contribution in [-0.4, -0.2) is 46.5 Å². The number of hydrogen-bond donors (Lipinski definition) is 2. The second-order valence-corrected chi connectivity index (χ2v) is 14.8. The Hall–Kier alpha value is -3.53. The van der Waals surface area contributed by atoms with Gasteiger partial charge in [-0.3, -0.25) is 4.79 Å². The van der Waals surface area contributed by atoms with E-state index in [-0.39, 0.29) is 10.8 Å². The van der Waals surface area contributed by atoms with E-state index in [1.165, 1.54) is 19.2 Å². The zero-order valence-corrected chi connectivity index (χ0v) is 26.7. The van der Waals surface area contributed by atoms with Crippen LogP contribution in [0.3, 0.4) is 0 Å². The molecule has 0 aromatic heterocycles. The molecule has 0 bridgehead atoms. The average Bonchev–Trinajstić information content (AvgIpc) is 3.20. The number of piperidine rings is 1. The van der Waals surface area contributed by atoms with Crippen molar-refractivity contribution in [3.63, 3.8) is 0 Å². The van der Waals surface area contributed by atoms with Gasteiger partial charge in [0.1, 0.15) is 16.7 Å². The largest absolute Gasteiger partial charge is 0.497 e. The number of amides is 2. The molecule has 43 heavy (non-hydrogen) atoms. The molecule has 2 aliphatic heterocycles. The highest BCUT2D eigenvalue weighted by Gasteiger charge is 2.70. The molecule has 3 aromatic carbocycles. The molecule has 0 radical (unpaired) electrons. The van der Waals surface area contributed by atoms with Gasteiger partial charge in [0.2, 0.25) is 0 Å². The van der Waals surface area contributed by atoms with Crippen LogP contribution in [0.15, 0.2) is 71.6 Å². The van der Waals surface area contributed by atoms with Crippen LogP contribution in [0.1, 0.15) is 67.6 Å². The molecule has 0 aliphatic carbocycles. The quantitative estimate of drug-likeness (QED) is 0.374. The highest BCUT2D eigenvalue weighted by Crippen LogP contribution is 2.58. The van der Waals surface area contributed by atoms with Gasteiger partial charge in [0.05, 0.1) is 17.9 Å². The Bertz CT molecular complexity index is 1650. The van der Waals surface area contributed by atoms with Crippen LogP contribution < -0.4 is 19.3 Å². The van der Waals surface area contributed by atoms with Crippen LogP contribution in [-0.2, 0) is 26.8 Å². The Morgan fingerprint density at radius 3 is 2.28 bits per heavy atom. The standard InChI is InChI=1S/C34H41N3O5S/c1-23-9-7-8-10-26(23)22-36-31(38)25-11-16-30-29(21-25)34(17-19-35-20-18-34)24(2)37(30,32(39)33(3,4)5)43(40,41)28-14-12-27(42-6)13-15-28/h7-16,21,24,35H,17-20,22H2,1-6H3/p+1. The lowest BCUT2D eigenvalue weighted by Gasteiger charge is -2.43. The predicted octanol–water partition coefficient (Wildman–Crippen LogP) is 5.23. The molecular weight excluding hydrogens is 562 g/mol. The van der Waals surface area contributed by atoms with Crippen molar-refractivity contribution < 1.29 is 22.7 Å². The predicted molar refractivity (Wildman–Crippen MR) is 168 cm³/mol. The monoisotopic (exact) mass is 604 g/mol. The van der Waals surface area contributed by atoms with E-state index in [0.29, 0.717) is 49.5 Å². The maximum Gasteiger partial charge on any atom is 0.339 e. The molecule has 0 saturated carbocycles. The third kappa shape index (κ3) is 4.87. The number of aryl methyl sites for hydroxylation is 1. The molecule has 2 heterocycles. The van der Waals surface area contributed by atoms with E-state index in [1.54, 1.807) is 45.0 Å². The summed E-state index contributed by atoms with van der Waals surface area (Å²) in [5.74, 6) is -0.115. The van der Waals surface area contributed by atoms with Crippen molar-refractivity contribution in [2.45, 2.75) is 70.4 Å². The lowest BCUT2D eigenvalue weighted by molar-refractivity contribution is -0.135. The van der Waals surface area contributed by atoms with Gasteiger partial charge < -0.3 is 15.4 Å². The van der Waals surface area contributed by atoms with Crippen LogP contribution in [0.2, 0.25) is 0 Å². The normalized spacial score (nSPS) is 21.3. The van der Waals surface area contributed by atoms with E-state index in [2.05, 4.69) is 10.6 Å². The summed E-state index contributed by atoms with van der Waals surface area (Å²) < 4.78 is 34.4. The fourth-order valence-corrected chi connectivity index (χ4v) is 9.28.